The molecule has 0 radical (unpaired) electrons. The summed E-state index contributed by atoms with van der Waals surface area (Å²) >= 11 is 13.1. The zero-order valence-corrected chi connectivity index (χ0v) is 27.9. The summed E-state index contributed by atoms with van der Waals surface area (Å²) < 4.78 is 53.1. The van der Waals surface area contributed by atoms with Gasteiger partial charge in [-0.15, -0.1) is 10.2 Å². The molecule has 0 saturated carbocycles. The van der Waals surface area contributed by atoms with Crippen molar-refractivity contribution in [2.24, 2.45) is 0 Å². The topological polar surface area (TPSA) is 227 Å². The number of aliphatic hydroxyl groups is 6. The summed E-state index contributed by atoms with van der Waals surface area (Å²) in [5, 5.41) is 80.9. The average Bonchev–Trinajstić information content (AvgIpc) is 3.74. The number of hydrogen-bond donors (Lipinski definition) is 6. The predicted molar refractivity (Wildman–Crippen MR) is 167 cm³/mol. The Morgan fingerprint density at radius 3 is 1.64 bits per heavy atom. The lowest BCUT2D eigenvalue weighted by Crippen LogP contribution is -2.58. The fraction of sp³-hybridized carbons (Fsp3) is 0.500. The molecular weight excluding hydrogens is 736 g/mol. The van der Waals surface area contributed by atoms with Gasteiger partial charge in [-0.25, -0.2) is 9.36 Å². The monoisotopic (exact) mass is 764 g/mol. The quantitative estimate of drug-likeness (QED) is 0.147. The number of aryl methyl sites for hydroxylation is 1. The molecule has 270 valence electrons. The zero-order chi connectivity index (χ0) is 36.1. The molecule has 10 atom stereocenters. The van der Waals surface area contributed by atoms with E-state index in [2.05, 4.69) is 30.6 Å². The Morgan fingerprint density at radius 2 is 1.22 bits per heavy atom. The van der Waals surface area contributed by atoms with Crippen molar-refractivity contribution in [2.45, 2.75) is 72.7 Å². The second kappa shape index (κ2) is 14.5. The summed E-state index contributed by atoms with van der Waals surface area (Å²) in [4.78, 5) is 8.03. The molecule has 4 aromatic heterocycles. The van der Waals surface area contributed by atoms with E-state index in [-0.39, 0.29) is 22.1 Å². The number of nitrogens with zero attached hydrogens (tertiary/aromatic N) is 8. The molecule has 0 aromatic carbocycles. The number of thioether (sulfide) groups is 1. The summed E-state index contributed by atoms with van der Waals surface area (Å²) in [5.41, 5.74) is -2.61. The minimum Gasteiger partial charge on any atom is -0.394 e. The molecule has 22 heteroatoms. The van der Waals surface area contributed by atoms with Crippen molar-refractivity contribution in [2.75, 3.05) is 13.2 Å². The molecule has 16 nitrogen and oxygen atoms in total. The molecule has 0 aliphatic carbocycles. The van der Waals surface area contributed by atoms with Crippen LogP contribution in [0.15, 0.2) is 36.9 Å². The number of aromatic nitrogens is 8. The number of ether oxygens (including phenoxy) is 2. The van der Waals surface area contributed by atoms with E-state index in [0.717, 1.165) is 22.0 Å². The lowest BCUT2D eigenvalue weighted by molar-refractivity contribution is -0.189. The molecule has 8 unspecified atom stereocenters. The van der Waals surface area contributed by atoms with Crippen LogP contribution >= 0.6 is 35.0 Å². The van der Waals surface area contributed by atoms with Crippen molar-refractivity contribution >= 4 is 35.0 Å². The number of hydrogen-bond acceptors (Lipinski definition) is 15. The Bertz CT molecular complexity index is 1820. The molecule has 2 aliphatic heterocycles. The number of rotatable bonds is 8. The Balaban J connectivity index is 1.25. The maximum Gasteiger partial charge on any atom is 0.417 e. The first-order chi connectivity index (χ1) is 23.7. The van der Waals surface area contributed by atoms with Crippen molar-refractivity contribution in [1.82, 2.24) is 40.0 Å². The molecule has 0 bridgehead atoms. The molecule has 6 rings (SSSR count). The molecule has 0 amide bonds. The van der Waals surface area contributed by atoms with E-state index in [1.54, 1.807) is 19.2 Å². The van der Waals surface area contributed by atoms with Gasteiger partial charge in [0, 0.05) is 12.4 Å². The van der Waals surface area contributed by atoms with Crippen LogP contribution in [0.2, 0.25) is 10.0 Å². The van der Waals surface area contributed by atoms with E-state index in [9.17, 15) is 43.8 Å². The van der Waals surface area contributed by atoms with Gasteiger partial charge in [0.1, 0.15) is 82.4 Å². The van der Waals surface area contributed by atoms with Gasteiger partial charge in [-0.1, -0.05) is 45.4 Å². The van der Waals surface area contributed by atoms with E-state index in [1.165, 1.54) is 17.1 Å². The third-order valence-electron chi connectivity index (χ3n) is 8.23. The second-order valence-corrected chi connectivity index (χ2v) is 13.6. The van der Waals surface area contributed by atoms with Crippen molar-refractivity contribution in [3.8, 4) is 22.8 Å². The van der Waals surface area contributed by atoms with E-state index in [0.29, 0.717) is 23.0 Å². The van der Waals surface area contributed by atoms with Gasteiger partial charge < -0.3 is 40.1 Å². The normalized spacial score (nSPS) is 30.5. The van der Waals surface area contributed by atoms with Gasteiger partial charge in [0.2, 0.25) is 0 Å². The van der Waals surface area contributed by atoms with Gasteiger partial charge in [0.05, 0.1) is 41.2 Å². The first kappa shape index (κ1) is 36.8. The summed E-state index contributed by atoms with van der Waals surface area (Å²) in [5.74, 6) is 0. The predicted octanol–water partition coefficient (Wildman–Crippen LogP) is 1.02. The lowest BCUT2D eigenvalue weighted by atomic mass is 9.97. The molecule has 0 spiro atoms. The van der Waals surface area contributed by atoms with Gasteiger partial charge in [-0.3, -0.25) is 9.97 Å². The summed E-state index contributed by atoms with van der Waals surface area (Å²) in [6, 6.07) is -0.245. The van der Waals surface area contributed by atoms with Crippen LogP contribution in [0.1, 0.15) is 23.2 Å². The number of pyridine rings is 2. The number of alkyl halides is 3. The van der Waals surface area contributed by atoms with Crippen LogP contribution in [0, 0.1) is 6.92 Å². The highest BCUT2D eigenvalue weighted by molar-refractivity contribution is 8.00. The summed E-state index contributed by atoms with van der Waals surface area (Å²) in [6.07, 6.45) is -8.76. The standard InChI is InChI=1S/C28H29Cl2F3N8O8S/c1-10-2-12(29)18(34-4-10)14-6-40(38-36-14)20-22(44)16(8-42)48-26(24(20)46)50-27-25(47)21(23(45)17(9-43)49-27)41-7-15(37-39-41)19-13(30)3-11(5-35-19)28(31,32)33/h2-7,16-17,20-27,42-47H,8-9H2,1H3/t16-,17?,20?,21?,22?,23?,24?,25?,26+,27?/m1/s1. The molecule has 4 aromatic rings. The second-order valence-electron chi connectivity index (χ2n) is 11.6. The average molecular weight is 766 g/mol. The van der Waals surface area contributed by atoms with Crippen molar-refractivity contribution in [3.05, 3.63) is 58.1 Å². The molecular formula is C28H29Cl2F3N8O8S. The lowest BCUT2D eigenvalue weighted by Gasteiger charge is -2.46. The minimum atomic E-state index is -4.69. The van der Waals surface area contributed by atoms with E-state index in [4.69, 9.17) is 32.7 Å². The Morgan fingerprint density at radius 1 is 0.760 bits per heavy atom. The Labute approximate surface area is 294 Å². The molecule has 2 aliphatic rings. The van der Waals surface area contributed by atoms with Crippen LogP contribution in [0.3, 0.4) is 0 Å². The molecule has 2 saturated heterocycles. The van der Waals surface area contributed by atoms with Crippen LogP contribution in [-0.2, 0) is 15.7 Å². The van der Waals surface area contributed by atoms with Crippen molar-refractivity contribution in [3.63, 3.8) is 0 Å². The van der Waals surface area contributed by atoms with Gasteiger partial charge in [-0.05, 0) is 24.6 Å². The van der Waals surface area contributed by atoms with Crippen LogP contribution in [-0.4, -0.2) is 131 Å². The van der Waals surface area contributed by atoms with Crippen LogP contribution in [0.25, 0.3) is 22.8 Å². The summed E-state index contributed by atoms with van der Waals surface area (Å²) in [6.45, 7) is 0.409. The largest absolute Gasteiger partial charge is 0.417 e. The number of aliphatic hydroxyl groups excluding tert-OH is 6. The molecule has 2 fully saturated rings. The first-order valence-corrected chi connectivity index (χ1v) is 16.5. The third-order valence-corrected chi connectivity index (χ3v) is 10.1. The molecule has 6 N–H and O–H groups in total. The third kappa shape index (κ3) is 7.06. The highest BCUT2D eigenvalue weighted by Gasteiger charge is 2.51. The highest BCUT2D eigenvalue weighted by atomic mass is 35.5. The minimum absolute atomic E-state index is 0.0812. The van der Waals surface area contributed by atoms with E-state index < -0.39 is 84.5 Å². The van der Waals surface area contributed by atoms with E-state index >= 15 is 0 Å². The van der Waals surface area contributed by atoms with Crippen LogP contribution in [0.4, 0.5) is 13.2 Å². The van der Waals surface area contributed by atoms with Crippen LogP contribution < -0.4 is 0 Å². The molecule has 6 heterocycles. The van der Waals surface area contributed by atoms with Gasteiger partial charge in [0.15, 0.2) is 0 Å². The zero-order valence-electron chi connectivity index (χ0n) is 25.5. The van der Waals surface area contributed by atoms with Crippen LogP contribution in [0.5, 0.6) is 0 Å². The fourth-order valence-electron chi connectivity index (χ4n) is 5.68. The fourth-order valence-corrected chi connectivity index (χ4v) is 7.59. The van der Waals surface area contributed by atoms with E-state index in [1.807, 2.05) is 0 Å². The van der Waals surface area contributed by atoms with Crippen molar-refractivity contribution in [1.29, 1.82) is 0 Å². The van der Waals surface area contributed by atoms with Gasteiger partial charge in [0.25, 0.3) is 0 Å². The first-order valence-electron chi connectivity index (χ1n) is 14.8. The highest BCUT2D eigenvalue weighted by Crippen LogP contribution is 2.42. The van der Waals surface area contributed by atoms with Crippen molar-refractivity contribution < 1.29 is 53.3 Å². The maximum absolute atomic E-state index is 13.1. The Kier molecular flexibility index (Phi) is 10.7. The summed E-state index contributed by atoms with van der Waals surface area (Å²) in [7, 11) is 0. The number of halogens is 5. The SMILES string of the molecule is Cc1cnc(-c2cn(C3C(O)[C@@H](CO)O[C@@H](SC4OC(CO)C(O)C(n5cc(-c6ncc(C(F)(F)F)cc6Cl)nn5)C4O)C3O)nn2)c(Cl)c1. The maximum atomic E-state index is 13.1. The smallest absolute Gasteiger partial charge is 0.394 e. The van der Waals surface area contributed by atoms with Gasteiger partial charge >= 0.3 is 6.18 Å². The van der Waals surface area contributed by atoms with Gasteiger partial charge in [-0.2, -0.15) is 13.2 Å². The Hall–Kier alpha value is -3.02. The molecule has 50 heavy (non-hydrogen) atoms.